The summed E-state index contributed by atoms with van der Waals surface area (Å²) in [6, 6.07) is -0.134. The summed E-state index contributed by atoms with van der Waals surface area (Å²) in [6.45, 7) is 4.47. The van der Waals surface area contributed by atoms with Crippen molar-refractivity contribution in [2.75, 3.05) is 44.9 Å². The third kappa shape index (κ3) is 4.94. The number of nitrogens with one attached hydrogen (secondary N) is 1. The van der Waals surface area contributed by atoms with Gasteiger partial charge < -0.3 is 0 Å². The standard InChI is InChI=1S/C10H20IN2O3/c1-11-12-9(10(14)15-2)3-4-13-5-7-16-8-6-13/h9,12H,3-8H2,1-2H3/q-1/t9-/m0/s1. The van der Waals surface area contributed by atoms with E-state index in [1.54, 1.807) is 0 Å². The molecule has 1 heterocycles. The van der Waals surface area contributed by atoms with Gasteiger partial charge in [-0.15, -0.1) is 0 Å². The number of hydrogen-bond acceptors (Lipinski definition) is 5. The monoisotopic (exact) mass is 343 g/mol. The van der Waals surface area contributed by atoms with E-state index in [0.29, 0.717) is 0 Å². The summed E-state index contributed by atoms with van der Waals surface area (Å²) in [7, 11) is 1.44. The summed E-state index contributed by atoms with van der Waals surface area (Å²) >= 11 is -0.0976. The molecule has 0 spiro atoms. The molecule has 1 rings (SSSR count). The van der Waals surface area contributed by atoms with Crippen LogP contribution in [0.25, 0.3) is 0 Å². The SMILES string of the molecule is COC(=O)[C@H](CCN1CCOCC1)N[I-]C. The average molecular weight is 343 g/mol. The van der Waals surface area contributed by atoms with E-state index in [1.165, 1.54) is 7.11 Å². The number of rotatable bonds is 6. The Hall–Kier alpha value is 0.0800. The van der Waals surface area contributed by atoms with Gasteiger partial charge in [0.05, 0.1) is 0 Å². The second kappa shape index (κ2) is 8.21. The van der Waals surface area contributed by atoms with Gasteiger partial charge in [-0.1, -0.05) is 0 Å². The van der Waals surface area contributed by atoms with Crippen LogP contribution in [0.15, 0.2) is 0 Å². The Morgan fingerprint density at radius 2 is 2.25 bits per heavy atom. The maximum absolute atomic E-state index is 11.5. The van der Waals surface area contributed by atoms with E-state index >= 15 is 0 Å². The maximum atomic E-state index is 11.5. The zero-order valence-corrected chi connectivity index (χ0v) is 12.0. The Kier molecular flexibility index (Phi) is 7.26. The molecule has 5 nitrogen and oxygen atoms in total. The number of ether oxygens (including phenoxy) is 2. The zero-order valence-electron chi connectivity index (χ0n) is 9.87. The summed E-state index contributed by atoms with van der Waals surface area (Å²) in [6.07, 6.45) is 0.820. The van der Waals surface area contributed by atoms with Gasteiger partial charge in [0.15, 0.2) is 0 Å². The number of carbonyl (C=O) groups is 1. The van der Waals surface area contributed by atoms with Crippen LogP contribution in [0.1, 0.15) is 6.42 Å². The normalized spacial score (nSPS) is 19.6. The molecule has 1 aliphatic heterocycles. The zero-order chi connectivity index (χ0) is 11.8. The number of hydrogen-bond donors (Lipinski definition) is 1. The number of morpholine rings is 1. The van der Waals surface area contributed by atoms with Crippen molar-refractivity contribution >= 4 is 5.97 Å². The molecule has 96 valence electrons. The van der Waals surface area contributed by atoms with Crippen LogP contribution in [-0.4, -0.2) is 61.8 Å². The molecule has 0 unspecified atom stereocenters. The topological polar surface area (TPSA) is 50.8 Å². The van der Waals surface area contributed by atoms with E-state index in [4.69, 9.17) is 9.47 Å². The van der Waals surface area contributed by atoms with Gasteiger partial charge >= 0.3 is 107 Å². The third-order valence-electron chi connectivity index (χ3n) is 2.56. The molecule has 0 aromatic heterocycles. The van der Waals surface area contributed by atoms with Gasteiger partial charge in [-0.25, -0.2) is 0 Å². The van der Waals surface area contributed by atoms with Gasteiger partial charge in [0.2, 0.25) is 0 Å². The predicted octanol–water partition coefficient (Wildman–Crippen LogP) is -3.53. The molecule has 16 heavy (non-hydrogen) atoms. The first-order valence-corrected chi connectivity index (χ1v) is 8.63. The van der Waals surface area contributed by atoms with Crippen LogP contribution in [0, 0.1) is 0 Å². The average Bonchev–Trinajstić information content (AvgIpc) is 2.34. The van der Waals surface area contributed by atoms with Gasteiger partial charge in [-0.3, -0.25) is 0 Å². The van der Waals surface area contributed by atoms with E-state index in [2.05, 4.69) is 13.4 Å². The molecule has 0 aromatic rings. The van der Waals surface area contributed by atoms with E-state index in [-0.39, 0.29) is 33.5 Å². The Morgan fingerprint density at radius 1 is 1.56 bits per heavy atom. The second-order valence-corrected chi connectivity index (χ2v) is 5.32. The summed E-state index contributed by atoms with van der Waals surface area (Å²) in [5, 5.41) is 0. The molecule has 0 radical (unpaired) electrons. The molecule has 1 atom stereocenters. The van der Waals surface area contributed by atoms with Crippen molar-refractivity contribution in [3.8, 4) is 0 Å². The third-order valence-corrected chi connectivity index (χ3v) is 3.94. The van der Waals surface area contributed by atoms with Gasteiger partial charge in [-0.2, -0.15) is 0 Å². The Labute approximate surface area is 107 Å². The Balaban J connectivity index is 2.27. The summed E-state index contributed by atoms with van der Waals surface area (Å²) in [5.74, 6) is -0.144. The molecule has 1 N–H and O–H groups in total. The summed E-state index contributed by atoms with van der Waals surface area (Å²) < 4.78 is 13.3. The quantitative estimate of drug-likeness (QED) is 0.235. The molecular formula is C10H20IN2O3-. The van der Waals surface area contributed by atoms with E-state index in [0.717, 1.165) is 39.3 Å². The van der Waals surface area contributed by atoms with Crippen LogP contribution in [0.4, 0.5) is 0 Å². The fourth-order valence-electron chi connectivity index (χ4n) is 1.63. The van der Waals surface area contributed by atoms with Gasteiger partial charge in [-0.05, 0) is 0 Å². The van der Waals surface area contributed by atoms with E-state index in [9.17, 15) is 4.79 Å². The van der Waals surface area contributed by atoms with Crippen molar-refractivity contribution in [1.29, 1.82) is 0 Å². The number of carbonyl (C=O) groups excluding carboxylic acids is 1. The van der Waals surface area contributed by atoms with Crippen LogP contribution in [0.5, 0.6) is 0 Å². The minimum absolute atomic E-state index is 0.0976. The molecule has 6 heteroatoms. The molecule has 1 aliphatic rings. The second-order valence-electron chi connectivity index (χ2n) is 3.62. The molecule has 1 saturated heterocycles. The number of esters is 1. The van der Waals surface area contributed by atoms with Crippen molar-refractivity contribution < 1.29 is 35.7 Å². The first-order chi connectivity index (χ1) is 7.77. The van der Waals surface area contributed by atoms with Gasteiger partial charge in [0.1, 0.15) is 0 Å². The first kappa shape index (κ1) is 14.1. The predicted molar refractivity (Wildman–Crippen MR) is 56.7 cm³/mol. The van der Waals surface area contributed by atoms with Gasteiger partial charge in [0.25, 0.3) is 0 Å². The van der Waals surface area contributed by atoms with Crippen LogP contribution in [0.3, 0.4) is 0 Å². The molecule has 1 fully saturated rings. The van der Waals surface area contributed by atoms with Crippen molar-refractivity contribution in [2.24, 2.45) is 0 Å². The molecule has 0 aromatic carbocycles. The Morgan fingerprint density at radius 3 is 2.81 bits per heavy atom. The molecule has 0 bridgehead atoms. The van der Waals surface area contributed by atoms with Crippen molar-refractivity contribution in [3.05, 3.63) is 0 Å². The fourth-order valence-corrected chi connectivity index (χ4v) is 2.94. The van der Waals surface area contributed by atoms with Crippen LogP contribution in [-0.2, 0) is 14.3 Å². The molecule has 0 amide bonds. The van der Waals surface area contributed by atoms with Gasteiger partial charge in [0, 0.05) is 0 Å². The minimum atomic E-state index is -0.144. The number of alkyl halides is 1. The van der Waals surface area contributed by atoms with Crippen molar-refractivity contribution in [1.82, 2.24) is 8.43 Å². The molecular weight excluding hydrogens is 323 g/mol. The van der Waals surface area contributed by atoms with Crippen molar-refractivity contribution in [2.45, 2.75) is 12.5 Å². The number of halogens is 1. The van der Waals surface area contributed by atoms with E-state index in [1.807, 2.05) is 0 Å². The summed E-state index contributed by atoms with van der Waals surface area (Å²) in [5.41, 5.74) is 0. The van der Waals surface area contributed by atoms with Crippen molar-refractivity contribution in [3.63, 3.8) is 0 Å². The first-order valence-electron chi connectivity index (χ1n) is 5.40. The van der Waals surface area contributed by atoms with Crippen LogP contribution < -0.4 is 25.0 Å². The van der Waals surface area contributed by atoms with Crippen LogP contribution >= 0.6 is 0 Å². The fraction of sp³-hybridized carbons (Fsp3) is 0.900. The summed E-state index contributed by atoms with van der Waals surface area (Å²) in [4.78, 5) is 15.9. The molecule has 0 aliphatic carbocycles. The Bertz CT molecular complexity index is 210. The van der Waals surface area contributed by atoms with Crippen LogP contribution in [0.2, 0.25) is 0 Å². The van der Waals surface area contributed by atoms with E-state index < -0.39 is 0 Å². The number of methoxy groups -OCH3 is 1. The number of nitrogens with zero attached hydrogens (tertiary/aromatic N) is 1. The molecule has 0 saturated carbocycles.